The number of hydrogen-bond acceptors (Lipinski definition) is 3. The lowest BCUT2D eigenvalue weighted by molar-refractivity contribution is 0.460. The van der Waals surface area contributed by atoms with Gasteiger partial charge in [0.25, 0.3) is 0 Å². The predicted octanol–water partition coefficient (Wildman–Crippen LogP) is 3.67. The lowest BCUT2D eigenvalue weighted by atomic mass is 10.3. The average molecular weight is 297 g/mol. The summed E-state index contributed by atoms with van der Waals surface area (Å²) < 4.78 is 19.1. The summed E-state index contributed by atoms with van der Waals surface area (Å²) in [6.07, 6.45) is 1.64. The molecule has 0 fully saturated rings. The quantitative estimate of drug-likeness (QED) is 0.920. The topological polar surface area (TPSA) is 48.1 Å². The van der Waals surface area contributed by atoms with Crippen LogP contribution >= 0.6 is 15.9 Å². The molecular formula is C12H10BrFN2O. The molecule has 0 saturated carbocycles. The zero-order valence-electron chi connectivity index (χ0n) is 9.08. The van der Waals surface area contributed by atoms with E-state index >= 15 is 0 Å². The summed E-state index contributed by atoms with van der Waals surface area (Å²) in [4.78, 5) is 4.05. The van der Waals surface area contributed by atoms with E-state index in [-0.39, 0.29) is 11.7 Å². The molecule has 1 heterocycles. The number of ether oxygens (including phenoxy) is 1. The van der Waals surface area contributed by atoms with Gasteiger partial charge < -0.3 is 10.5 Å². The molecular weight excluding hydrogens is 287 g/mol. The van der Waals surface area contributed by atoms with Gasteiger partial charge >= 0.3 is 0 Å². The van der Waals surface area contributed by atoms with Gasteiger partial charge in [0.05, 0.1) is 5.69 Å². The average Bonchev–Trinajstić information content (AvgIpc) is 2.21. The van der Waals surface area contributed by atoms with E-state index in [0.717, 1.165) is 5.56 Å². The Hall–Kier alpha value is -1.62. The van der Waals surface area contributed by atoms with E-state index in [9.17, 15) is 4.39 Å². The van der Waals surface area contributed by atoms with Gasteiger partial charge in [-0.15, -0.1) is 0 Å². The third-order valence-electron chi connectivity index (χ3n) is 2.07. The van der Waals surface area contributed by atoms with Crippen LogP contribution < -0.4 is 10.5 Å². The second-order valence-electron chi connectivity index (χ2n) is 3.61. The van der Waals surface area contributed by atoms with Gasteiger partial charge in [-0.2, -0.15) is 0 Å². The van der Waals surface area contributed by atoms with Crippen LogP contribution in [0.5, 0.6) is 11.6 Å². The van der Waals surface area contributed by atoms with Crippen molar-refractivity contribution < 1.29 is 9.13 Å². The van der Waals surface area contributed by atoms with Gasteiger partial charge in [-0.25, -0.2) is 9.37 Å². The number of nitrogens with zero attached hydrogens (tertiary/aromatic N) is 1. The molecule has 2 N–H and O–H groups in total. The van der Waals surface area contributed by atoms with Gasteiger partial charge in [0.1, 0.15) is 11.6 Å². The van der Waals surface area contributed by atoms with E-state index in [1.807, 2.05) is 6.92 Å². The summed E-state index contributed by atoms with van der Waals surface area (Å²) >= 11 is 3.18. The van der Waals surface area contributed by atoms with Crippen LogP contribution in [0.3, 0.4) is 0 Å². The summed E-state index contributed by atoms with van der Waals surface area (Å²) in [5.41, 5.74) is 7.11. The van der Waals surface area contributed by atoms with Crippen molar-refractivity contribution in [1.82, 2.24) is 4.98 Å². The monoisotopic (exact) mass is 296 g/mol. The summed E-state index contributed by atoms with van der Waals surface area (Å²) in [6, 6.07) is 6.01. The predicted molar refractivity (Wildman–Crippen MR) is 67.6 cm³/mol. The number of rotatable bonds is 2. The van der Waals surface area contributed by atoms with Gasteiger partial charge in [0.2, 0.25) is 5.88 Å². The maximum Gasteiger partial charge on any atom is 0.242 e. The van der Waals surface area contributed by atoms with Crippen molar-refractivity contribution in [1.29, 1.82) is 0 Å². The molecule has 17 heavy (non-hydrogen) atoms. The number of halogens is 2. The first-order chi connectivity index (χ1) is 8.04. The minimum absolute atomic E-state index is 0.271. The number of aryl methyl sites for hydroxylation is 1. The molecule has 0 unspecified atom stereocenters. The van der Waals surface area contributed by atoms with Crippen LogP contribution in [-0.2, 0) is 0 Å². The number of pyridine rings is 1. The van der Waals surface area contributed by atoms with Gasteiger partial charge in [-0.05, 0) is 30.7 Å². The molecule has 2 rings (SSSR count). The van der Waals surface area contributed by atoms with E-state index in [1.165, 1.54) is 12.1 Å². The van der Waals surface area contributed by atoms with Crippen molar-refractivity contribution in [2.45, 2.75) is 6.92 Å². The van der Waals surface area contributed by atoms with Gasteiger partial charge in [0.15, 0.2) is 0 Å². The Morgan fingerprint density at radius 3 is 2.71 bits per heavy atom. The molecule has 2 aromatic rings. The van der Waals surface area contributed by atoms with Gasteiger partial charge in [-0.1, -0.05) is 15.9 Å². The number of nitrogen functional groups attached to an aromatic ring is 1. The van der Waals surface area contributed by atoms with Crippen LogP contribution in [0.1, 0.15) is 5.56 Å². The fraction of sp³-hybridized carbons (Fsp3) is 0.0833. The Balaban J connectivity index is 2.31. The standard InChI is InChI=1S/C12H10BrFN2O/c1-7-2-11(15)12(16-6-7)17-10-4-8(13)3-9(14)5-10/h2-6H,15H2,1H3. The Morgan fingerprint density at radius 1 is 1.29 bits per heavy atom. The van der Waals surface area contributed by atoms with Crippen LogP contribution in [0.2, 0.25) is 0 Å². The van der Waals surface area contributed by atoms with Crippen molar-refractivity contribution in [2.75, 3.05) is 5.73 Å². The molecule has 0 radical (unpaired) electrons. The first-order valence-corrected chi connectivity index (χ1v) is 5.70. The van der Waals surface area contributed by atoms with Crippen molar-refractivity contribution in [2.24, 2.45) is 0 Å². The van der Waals surface area contributed by atoms with Crippen LogP contribution in [-0.4, -0.2) is 4.98 Å². The van der Waals surface area contributed by atoms with E-state index in [4.69, 9.17) is 10.5 Å². The maximum absolute atomic E-state index is 13.1. The van der Waals surface area contributed by atoms with Gasteiger partial charge in [-0.3, -0.25) is 0 Å². The largest absolute Gasteiger partial charge is 0.437 e. The third-order valence-corrected chi connectivity index (χ3v) is 2.52. The second kappa shape index (κ2) is 4.71. The Morgan fingerprint density at radius 2 is 2.06 bits per heavy atom. The highest BCUT2D eigenvalue weighted by Crippen LogP contribution is 2.28. The fourth-order valence-corrected chi connectivity index (χ4v) is 1.81. The summed E-state index contributed by atoms with van der Waals surface area (Å²) in [5, 5.41) is 0. The minimum Gasteiger partial charge on any atom is -0.437 e. The Kier molecular flexibility index (Phi) is 3.28. The van der Waals surface area contributed by atoms with E-state index < -0.39 is 0 Å². The van der Waals surface area contributed by atoms with Crippen molar-refractivity contribution >= 4 is 21.6 Å². The lowest BCUT2D eigenvalue weighted by Gasteiger charge is -2.08. The molecule has 5 heteroatoms. The number of aromatic nitrogens is 1. The highest BCUT2D eigenvalue weighted by Gasteiger charge is 2.06. The van der Waals surface area contributed by atoms with Crippen LogP contribution in [0.15, 0.2) is 34.9 Å². The first kappa shape index (κ1) is 11.9. The molecule has 0 spiro atoms. The van der Waals surface area contributed by atoms with Gasteiger partial charge in [0, 0.05) is 16.7 Å². The number of benzene rings is 1. The fourth-order valence-electron chi connectivity index (χ4n) is 1.36. The van der Waals surface area contributed by atoms with Crippen LogP contribution in [0.4, 0.5) is 10.1 Å². The molecule has 0 saturated heterocycles. The zero-order valence-corrected chi connectivity index (χ0v) is 10.7. The molecule has 0 bridgehead atoms. The molecule has 3 nitrogen and oxygen atoms in total. The van der Waals surface area contributed by atoms with E-state index in [1.54, 1.807) is 18.3 Å². The number of anilines is 1. The SMILES string of the molecule is Cc1cnc(Oc2cc(F)cc(Br)c2)c(N)c1. The van der Waals surface area contributed by atoms with Crippen molar-refractivity contribution in [3.8, 4) is 11.6 Å². The minimum atomic E-state index is -0.389. The third kappa shape index (κ3) is 2.94. The molecule has 88 valence electrons. The summed E-state index contributed by atoms with van der Waals surface area (Å²) in [6.45, 7) is 1.88. The lowest BCUT2D eigenvalue weighted by Crippen LogP contribution is -1.96. The number of nitrogens with two attached hydrogens (primary N) is 1. The van der Waals surface area contributed by atoms with E-state index in [0.29, 0.717) is 15.9 Å². The molecule has 0 aliphatic carbocycles. The smallest absolute Gasteiger partial charge is 0.242 e. The summed E-state index contributed by atoms with van der Waals surface area (Å²) in [5.74, 6) is 0.230. The Labute approximate surface area is 107 Å². The maximum atomic E-state index is 13.1. The summed E-state index contributed by atoms with van der Waals surface area (Å²) in [7, 11) is 0. The highest BCUT2D eigenvalue weighted by atomic mass is 79.9. The van der Waals surface area contributed by atoms with Crippen molar-refractivity contribution in [3.63, 3.8) is 0 Å². The van der Waals surface area contributed by atoms with E-state index in [2.05, 4.69) is 20.9 Å². The number of hydrogen-bond donors (Lipinski definition) is 1. The molecule has 0 atom stereocenters. The molecule has 0 amide bonds. The first-order valence-electron chi connectivity index (χ1n) is 4.90. The van der Waals surface area contributed by atoms with Crippen molar-refractivity contribution in [3.05, 3.63) is 46.3 Å². The molecule has 1 aromatic carbocycles. The molecule has 0 aliphatic heterocycles. The van der Waals surface area contributed by atoms with Crippen LogP contribution in [0.25, 0.3) is 0 Å². The highest BCUT2D eigenvalue weighted by molar-refractivity contribution is 9.10. The molecule has 0 aliphatic rings. The van der Waals surface area contributed by atoms with Crippen LogP contribution in [0, 0.1) is 12.7 Å². The second-order valence-corrected chi connectivity index (χ2v) is 4.53. The normalized spacial score (nSPS) is 10.3. The Bertz CT molecular complexity index is 540. The zero-order chi connectivity index (χ0) is 12.4. The molecule has 1 aromatic heterocycles.